The second-order valence-electron chi connectivity index (χ2n) is 6.07. The van der Waals surface area contributed by atoms with E-state index in [4.69, 9.17) is 10.2 Å². The van der Waals surface area contributed by atoms with Crippen molar-refractivity contribution in [3.63, 3.8) is 0 Å². The van der Waals surface area contributed by atoms with Crippen molar-refractivity contribution in [1.29, 1.82) is 0 Å². The van der Waals surface area contributed by atoms with E-state index in [0.717, 1.165) is 47.4 Å². The summed E-state index contributed by atoms with van der Waals surface area (Å²) in [5, 5.41) is 0. The van der Waals surface area contributed by atoms with Gasteiger partial charge in [-0.25, -0.2) is 4.98 Å². The lowest BCUT2D eigenvalue weighted by molar-refractivity contribution is -0.118. The predicted molar refractivity (Wildman–Crippen MR) is 93.9 cm³/mol. The lowest BCUT2D eigenvalue weighted by atomic mass is 9.99. The Hall–Kier alpha value is -2.82. The Kier molecular flexibility index (Phi) is 3.69. The van der Waals surface area contributed by atoms with Gasteiger partial charge in [0, 0.05) is 30.8 Å². The Morgan fingerprint density at radius 3 is 2.96 bits per heavy atom. The van der Waals surface area contributed by atoms with Crippen LogP contribution in [0.1, 0.15) is 24.3 Å². The molecule has 122 valence electrons. The zero-order chi connectivity index (χ0) is 16.5. The van der Waals surface area contributed by atoms with Gasteiger partial charge in [0.2, 0.25) is 5.91 Å². The molecular formula is C19H19N3O2. The van der Waals surface area contributed by atoms with Crippen LogP contribution < -0.4 is 10.6 Å². The van der Waals surface area contributed by atoms with E-state index >= 15 is 0 Å². The van der Waals surface area contributed by atoms with Gasteiger partial charge in [0.25, 0.3) is 0 Å². The number of nitrogens with two attached hydrogens (primary N) is 1. The monoisotopic (exact) mass is 321 g/mol. The van der Waals surface area contributed by atoms with Crippen LogP contribution in [-0.2, 0) is 17.6 Å². The van der Waals surface area contributed by atoms with Gasteiger partial charge in [-0.3, -0.25) is 4.79 Å². The average Bonchev–Trinajstić information content (AvgIpc) is 3.02. The van der Waals surface area contributed by atoms with Crippen molar-refractivity contribution in [2.75, 3.05) is 17.2 Å². The molecule has 5 nitrogen and oxygen atoms in total. The Morgan fingerprint density at radius 1 is 1.21 bits per heavy atom. The summed E-state index contributed by atoms with van der Waals surface area (Å²) in [6.07, 6.45) is 2.75. The first-order chi connectivity index (χ1) is 11.7. The molecule has 1 aromatic heterocycles. The van der Waals surface area contributed by atoms with Crippen LogP contribution in [0.15, 0.2) is 46.9 Å². The van der Waals surface area contributed by atoms with E-state index in [1.807, 2.05) is 47.4 Å². The van der Waals surface area contributed by atoms with Crippen LogP contribution in [0, 0.1) is 0 Å². The fourth-order valence-electron chi connectivity index (χ4n) is 3.29. The maximum Gasteiger partial charge on any atom is 0.227 e. The van der Waals surface area contributed by atoms with Crippen LogP contribution in [0.5, 0.6) is 0 Å². The number of oxazole rings is 1. The molecule has 2 N–H and O–H groups in total. The summed E-state index contributed by atoms with van der Waals surface area (Å²) in [7, 11) is 0. The van der Waals surface area contributed by atoms with Gasteiger partial charge in [-0.1, -0.05) is 18.2 Å². The molecule has 0 atom stereocenters. The van der Waals surface area contributed by atoms with Crippen molar-refractivity contribution in [2.45, 2.75) is 25.7 Å². The molecule has 1 aliphatic heterocycles. The fraction of sp³-hybridized carbons (Fsp3) is 0.263. The number of hydrogen-bond donors (Lipinski definition) is 1. The fourth-order valence-corrected chi connectivity index (χ4v) is 3.29. The standard InChI is InChI=1S/C19H19N3O2/c20-14-6-3-8-16-13(14)5-4-12-22(16)19(23)11-10-18-21-15-7-1-2-9-17(15)24-18/h1-3,6-9H,4-5,10-12,20H2. The smallest absolute Gasteiger partial charge is 0.227 e. The molecular weight excluding hydrogens is 302 g/mol. The van der Waals surface area contributed by atoms with Crippen molar-refractivity contribution >= 4 is 28.4 Å². The maximum absolute atomic E-state index is 12.7. The molecule has 0 fully saturated rings. The third kappa shape index (κ3) is 2.62. The molecule has 0 aliphatic carbocycles. The van der Waals surface area contributed by atoms with Gasteiger partial charge >= 0.3 is 0 Å². The van der Waals surface area contributed by atoms with Crippen LogP contribution in [0.4, 0.5) is 11.4 Å². The number of aromatic nitrogens is 1. The second kappa shape index (κ2) is 6.00. The van der Waals surface area contributed by atoms with Crippen LogP contribution in [0.25, 0.3) is 11.1 Å². The van der Waals surface area contributed by atoms with E-state index < -0.39 is 0 Å². The van der Waals surface area contributed by atoms with E-state index in [1.54, 1.807) is 0 Å². The summed E-state index contributed by atoms with van der Waals surface area (Å²) in [4.78, 5) is 19.0. The minimum Gasteiger partial charge on any atom is -0.441 e. The summed E-state index contributed by atoms with van der Waals surface area (Å²) < 4.78 is 5.69. The zero-order valence-electron chi connectivity index (χ0n) is 13.4. The largest absolute Gasteiger partial charge is 0.441 e. The summed E-state index contributed by atoms with van der Waals surface area (Å²) in [5.74, 6) is 0.693. The van der Waals surface area contributed by atoms with Crippen LogP contribution >= 0.6 is 0 Å². The molecule has 0 unspecified atom stereocenters. The molecule has 4 rings (SSSR count). The van der Waals surface area contributed by atoms with Crippen molar-refractivity contribution in [3.8, 4) is 0 Å². The minimum atomic E-state index is 0.0869. The number of para-hydroxylation sites is 2. The van der Waals surface area contributed by atoms with Crippen LogP contribution in [0.2, 0.25) is 0 Å². The zero-order valence-corrected chi connectivity index (χ0v) is 13.4. The van der Waals surface area contributed by atoms with Crippen molar-refractivity contribution < 1.29 is 9.21 Å². The number of carbonyl (C=O) groups excluding carboxylic acids is 1. The molecule has 0 saturated carbocycles. The highest BCUT2D eigenvalue weighted by Crippen LogP contribution is 2.31. The number of nitrogens with zero attached hydrogens (tertiary/aromatic N) is 2. The predicted octanol–water partition coefficient (Wildman–Crippen LogP) is 3.32. The molecule has 0 saturated heterocycles. The quantitative estimate of drug-likeness (QED) is 0.751. The second-order valence-corrected chi connectivity index (χ2v) is 6.07. The topological polar surface area (TPSA) is 72.4 Å². The Bertz CT molecular complexity index is 868. The Morgan fingerprint density at radius 2 is 2.08 bits per heavy atom. The third-order valence-corrected chi connectivity index (χ3v) is 4.48. The normalized spacial score (nSPS) is 13.9. The molecule has 0 radical (unpaired) electrons. The highest BCUT2D eigenvalue weighted by Gasteiger charge is 2.23. The van der Waals surface area contributed by atoms with Crippen LogP contribution in [0.3, 0.4) is 0 Å². The molecule has 5 heteroatoms. The first-order valence-electron chi connectivity index (χ1n) is 8.24. The number of nitrogen functional groups attached to an aromatic ring is 1. The Balaban J connectivity index is 1.50. The van der Waals surface area contributed by atoms with Gasteiger partial charge in [0.05, 0.1) is 0 Å². The molecule has 2 aromatic carbocycles. The molecule has 3 aromatic rings. The van der Waals surface area contributed by atoms with Gasteiger partial charge in [0.1, 0.15) is 5.52 Å². The van der Waals surface area contributed by atoms with Crippen LogP contribution in [-0.4, -0.2) is 17.4 Å². The van der Waals surface area contributed by atoms with Gasteiger partial charge in [-0.05, 0) is 42.7 Å². The SMILES string of the molecule is Nc1cccc2c1CCCN2C(=O)CCc1nc2ccccc2o1. The first-order valence-corrected chi connectivity index (χ1v) is 8.24. The highest BCUT2D eigenvalue weighted by molar-refractivity contribution is 5.95. The van der Waals surface area contributed by atoms with Crippen molar-refractivity contribution in [1.82, 2.24) is 4.98 Å². The summed E-state index contributed by atoms with van der Waals surface area (Å²) >= 11 is 0. The highest BCUT2D eigenvalue weighted by atomic mass is 16.3. The van der Waals surface area contributed by atoms with E-state index in [2.05, 4.69) is 4.98 Å². The number of anilines is 2. The van der Waals surface area contributed by atoms with Crippen molar-refractivity contribution in [2.24, 2.45) is 0 Å². The van der Waals surface area contributed by atoms with Crippen molar-refractivity contribution in [3.05, 3.63) is 53.9 Å². The average molecular weight is 321 g/mol. The van der Waals surface area contributed by atoms with Gasteiger partial charge in [-0.2, -0.15) is 0 Å². The number of benzene rings is 2. The summed E-state index contributed by atoms with van der Waals surface area (Å²) in [5.41, 5.74) is 10.4. The molecule has 24 heavy (non-hydrogen) atoms. The van der Waals surface area contributed by atoms with E-state index in [1.165, 1.54) is 0 Å². The summed E-state index contributed by atoms with van der Waals surface area (Å²) in [6, 6.07) is 13.4. The number of carbonyl (C=O) groups is 1. The maximum atomic E-state index is 12.7. The molecule has 1 amide bonds. The number of fused-ring (bicyclic) bond motifs is 2. The number of amides is 1. The number of hydrogen-bond acceptors (Lipinski definition) is 4. The molecule has 2 heterocycles. The van der Waals surface area contributed by atoms with Gasteiger partial charge in [-0.15, -0.1) is 0 Å². The Labute approximate surface area is 140 Å². The van der Waals surface area contributed by atoms with E-state index in [-0.39, 0.29) is 5.91 Å². The van der Waals surface area contributed by atoms with Gasteiger partial charge < -0.3 is 15.1 Å². The number of rotatable bonds is 3. The first kappa shape index (κ1) is 14.8. The number of aryl methyl sites for hydroxylation is 1. The van der Waals surface area contributed by atoms with E-state index in [0.29, 0.717) is 18.7 Å². The molecule has 0 spiro atoms. The van der Waals surface area contributed by atoms with Gasteiger partial charge in [0.15, 0.2) is 11.5 Å². The lowest BCUT2D eigenvalue weighted by Gasteiger charge is -2.30. The molecule has 1 aliphatic rings. The lowest BCUT2D eigenvalue weighted by Crippen LogP contribution is -2.35. The summed E-state index contributed by atoms with van der Waals surface area (Å²) in [6.45, 7) is 0.739. The minimum absolute atomic E-state index is 0.0869. The molecule has 0 bridgehead atoms. The van der Waals surface area contributed by atoms with E-state index in [9.17, 15) is 4.79 Å². The third-order valence-electron chi connectivity index (χ3n) is 4.48.